The number of aromatic nitrogens is 3. The van der Waals surface area contributed by atoms with Crippen LogP contribution in [-0.2, 0) is 6.67 Å². The summed E-state index contributed by atoms with van der Waals surface area (Å²) in [5, 5.41) is 4.43. The molecular weight excluding hydrogens is 256 g/mol. The van der Waals surface area contributed by atoms with Gasteiger partial charge in [-0.15, -0.1) is 0 Å². The van der Waals surface area contributed by atoms with Crippen molar-refractivity contribution in [3.05, 3.63) is 40.9 Å². The zero-order valence-electron chi connectivity index (χ0n) is 11.1. The normalized spacial score (nSPS) is 16.1. The number of likely N-dealkylation sites (tertiary alicyclic amines) is 1. The fraction of sp³-hybridized carbons (Fsp3) is 0.429. The van der Waals surface area contributed by atoms with Gasteiger partial charge in [0.2, 0.25) is 4.77 Å². The van der Waals surface area contributed by atoms with Gasteiger partial charge in [0.05, 0.1) is 12.4 Å². The largest absolute Gasteiger partial charge is 0.284 e. The molecule has 1 saturated heterocycles. The maximum atomic E-state index is 5.54. The van der Waals surface area contributed by atoms with Gasteiger partial charge in [0, 0.05) is 0 Å². The number of hydrogen-bond donors (Lipinski definition) is 0. The van der Waals surface area contributed by atoms with Crippen molar-refractivity contribution in [3.8, 4) is 5.69 Å². The Morgan fingerprint density at radius 3 is 2.68 bits per heavy atom. The van der Waals surface area contributed by atoms with Gasteiger partial charge in [-0.2, -0.15) is 5.10 Å². The second kappa shape index (κ2) is 5.27. The molecule has 4 nitrogen and oxygen atoms in total. The van der Waals surface area contributed by atoms with Gasteiger partial charge in [-0.25, -0.2) is 4.68 Å². The van der Waals surface area contributed by atoms with Crippen molar-refractivity contribution in [2.24, 2.45) is 0 Å². The minimum atomic E-state index is 0.765. The topological polar surface area (TPSA) is 26.0 Å². The number of aryl methyl sites for hydroxylation is 1. The third kappa shape index (κ3) is 2.48. The van der Waals surface area contributed by atoms with Crippen molar-refractivity contribution in [2.45, 2.75) is 26.4 Å². The molecular formula is C14H18N4S. The van der Waals surface area contributed by atoms with Crippen molar-refractivity contribution >= 4 is 12.2 Å². The minimum absolute atomic E-state index is 0.765. The summed E-state index contributed by atoms with van der Waals surface area (Å²) in [6, 6.07) is 8.24. The molecule has 19 heavy (non-hydrogen) atoms. The molecule has 0 atom stereocenters. The van der Waals surface area contributed by atoms with Crippen LogP contribution >= 0.6 is 12.2 Å². The predicted octanol–water partition coefficient (Wildman–Crippen LogP) is 2.77. The van der Waals surface area contributed by atoms with E-state index in [1.165, 1.54) is 18.4 Å². The van der Waals surface area contributed by atoms with Gasteiger partial charge in [-0.05, 0) is 56.7 Å². The average molecular weight is 274 g/mol. The molecule has 1 fully saturated rings. The van der Waals surface area contributed by atoms with Gasteiger partial charge in [0.15, 0.2) is 0 Å². The Kier molecular flexibility index (Phi) is 3.48. The third-order valence-corrected chi connectivity index (χ3v) is 4.05. The van der Waals surface area contributed by atoms with Crippen LogP contribution in [-0.4, -0.2) is 32.3 Å². The van der Waals surface area contributed by atoms with E-state index >= 15 is 0 Å². The molecule has 5 heteroatoms. The van der Waals surface area contributed by atoms with E-state index < -0.39 is 0 Å². The molecule has 0 bridgehead atoms. The van der Waals surface area contributed by atoms with Crippen LogP contribution in [0.3, 0.4) is 0 Å². The molecule has 3 rings (SSSR count). The highest BCUT2D eigenvalue weighted by Gasteiger charge is 2.13. The van der Waals surface area contributed by atoms with Crippen LogP contribution < -0.4 is 0 Å². The van der Waals surface area contributed by atoms with Gasteiger partial charge in [-0.1, -0.05) is 18.2 Å². The van der Waals surface area contributed by atoms with Gasteiger partial charge >= 0.3 is 0 Å². The van der Waals surface area contributed by atoms with Crippen molar-refractivity contribution < 1.29 is 0 Å². The zero-order valence-corrected chi connectivity index (χ0v) is 11.9. The Labute approximate surface area is 118 Å². The molecule has 2 heterocycles. The Bertz CT molecular complexity index is 622. The molecule has 1 aliphatic rings. The summed E-state index contributed by atoms with van der Waals surface area (Å²) < 4.78 is 4.66. The second-order valence-corrected chi connectivity index (χ2v) is 5.40. The number of nitrogens with zero attached hydrogens (tertiary/aromatic N) is 4. The first-order valence-corrected chi connectivity index (χ1v) is 7.09. The minimum Gasteiger partial charge on any atom is -0.284 e. The molecule has 0 amide bonds. The molecule has 0 saturated carbocycles. The molecule has 1 aromatic heterocycles. The fourth-order valence-corrected chi connectivity index (χ4v) is 2.80. The summed E-state index contributed by atoms with van der Waals surface area (Å²) in [7, 11) is 0. The van der Waals surface area contributed by atoms with E-state index in [-0.39, 0.29) is 0 Å². The lowest BCUT2D eigenvalue weighted by Gasteiger charge is -2.13. The van der Waals surface area contributed by atoms with E-state index in [1.807, 2.05) is 27.7 Å². The second-order valence-electron chi connectivity index (χ2n) is 5.04. The van der Waals surface area contributed by atoms with Crippen LogP contribution in [0.25, 0.3) is 5.69 Å². The highest BCUT2D eigenvalue weighted by atomic mass is 32.1. The van der Waals surface area contributed by atoms with Crippen LogP contribution in [0.15, 0.2) is 30.6 Å². The van der Waals surface area contributed by atoms with E-state index in [0.29, 0.717) is 0 Å². The van der Waals surface area contributed by atoms with Gasteiger partial charge in [-0.3, -0.25) is 9.47 Å². The Morgan fingerprint density at radius 2 is 1.95 bits per heavy atom. The number of hydrogen-bond acceptors (Lipinski definition) is 3. The lowest BCUT2D eigenvalue weighted by molar-refractivity contribution is 0.253. The van der Waals surface area contributed by atoms with Crippen molar-refractivity contribution in [1.29, 1.82) is 0 Å². The van der Waals surface area contributed by atoms with Crippen molar-refractivity contribution in [2.75, 3.05) is 13.1 Å². The lowest BCUT2D eigenvalue weighted by Crippen LogP contribution is -2.23. The van der Waals surface area contributed by atoms with Crippen molar-refractivity contribution in [3.63, 3.8) is 0 Å². The van der Waals surface area contributed by atoms with E-state index in [2.05, 4.69) is 29.1 Å². The van der Waals surface area contributed by atoms with E-state index in [0.717, 1.165) is 30.2 Å². The Morgan fingerprint density at radius 1 is 1.21 bits per heavy atom. The number of rotatable bonds is 3. The van der Waals surface area contributed by atoms with Crippen LogP contribution in [0.4, 0.5) is 0 Å². The van der Waals surface area contributed by atoms with E-state index in [9.17, 15) is 0 Å². The molecule has 100 valence electrons. The Balaban J connectivity index is 1.90. The van der Waals surface area contributed by atoms with Crippen LogP contribution in [0.1, 0.15) is 18.4 Å². The molecule has 2 aromatic rings. The molecule has 0 spiro atoms. The van der Waals surface area contributed by atoms with Crippen LogP contribution in [0, 0.1) is 11.7 Å². The Hall–Kier alpha value is -1.46. The standard InChI is InChI=1S/C14H18N4S/c1-12-6-2-3-7-13(12)17-10-15-18(14(17)19)11-16-8-4-5-9-16/h2-3,6-7,10H,4-5,8-9,11H2,1H3. The molecule has 1 aliphatic heterocycles. The smallest absolute Gasteiger partial charge is 0.203 e. The molecule has 0 radical (unpaired) electrons. The lowest BCUT2D eigenvalue weighted by atomic mass is 10.2. The van der Waals surface area contributed by atoms with Crippen LogP contribution in [0.5, 0.6) is 0 Å². The first kappa shape index (κ1) is 12.6. The summed E-state index contributed by atoms with van der Waals surface area (Å²) in [5.74, 6) is 0. The molecule has 0 aliphatic carbocycles. The highest BCUT2D eigenvalue weighted by molar-refractivity contribution is 7.71. The number of benzene rings is 1. The zero-order chi connectivity index (χ0) is 13.2. The monoisotopic (exact) mass is 274 g/mol. The molecule has 1 aromatic carbocycles. The summed E-state index contributed by atoms with van der Waals surface area (Å²) in [4.78, 5) is 2.39. The summed E-state index contributed by atoms with van der Waals surface area (Å²) in [6.07, 6.45) is 4.39. The third-order valence-electron chi connectivity index (χ3n) is 3.64. The van der Waals surface area contributed by atoms with Gasteiger partial charge in [0.1, 0.15) is 6.33 Å². The maximum absolute atomic E-state index is 5.54. The van der Waals surface area contributed by atoms with Gasteiger partial charge in [0.25, 0.3) is 0 Å². The maximum Gasteiger partial charge on any atom is 0.203 e. The quantitative estimate of drug-likeness (QED) is 0.805. The van der Waals surface area contributed by atoms with Crippen LogP contribution in [0.2, 0.25) is 0 Å². The van der Waals surface area contributed by atoms with E-state index in [4.69, 9.17) is 12.2 Å². The average Bonchev–Trinajstić information content (AvgIpc) is 3.03. The SMILES string of the molecule is Cc1ccccc1-n1cnn(CN2CCCC2)c1=S. The first-order valence-electron chi connectivity index (χ1n) is 6.68. The summed E-state index contributed by atoms with van der Waals surface area (Å²) in [6.45, 7) is 5.20. The van der Waals surface area contributed by atoms with Gasteiger partial charge < -0.3 is 0 Å². The highest BCUT2D eigenvalue weighted by Crippen LogP contribution is 2.14. The summed E-state index contributed by atoms with van der Waals surface area (Å²) >= 11 is 5.54. The predicted molar refractivity (Wildman–Crippen MR) is 77.9 cm³/mol. The van der Waals surface area contributed by atoms with E-state index in [1.54, 1.807) is 0 Å². The molecule has 0 unspecified atom stereocenters. The first-order chi connectivity index (χ1) is 9.25. The fourth-order valence-electron chi connectivity index (χ4n) is 2.55. The van der Waals surface area contributed by atoms with Crippen molar-refractivity contribution in [1.82, 2.24) is 19.2 Å². The number of para-hydroxylation sites is 1. The summed E-state index contributed by atoms with van der Waals surface area (Å²) in [5.41, 5.74) is 2.32. The molecule has 0 N–H and O–H groups in total.